The lowest BCUT2D eigenvalue weighted by Gasteiger charge is -2.28. The van der Waals surface area contributed by atoms with E-state index < -0.39 is 0 Å². The topological polar surface area (TPSA) is 94.1 Å². The number of H-pyrrole nitrogens is 1. The first-order valence-corrected chi connectivity index (χ1v) is 7.64. The number of aromatic amines is 1. The first-order chi connectivity index (χ1) is 10.5. The predicted molar refractivity (Wildman–Crippen MR) is 86.8 cm³/mol. The highest BCUT2D eigenvalue weighted by Gasteiger charge is 2.34. The third-order valence-electron chi connectivity index (χ3n) is 4.43. The smallest absolute Gasteiger partial charge is 0.143 e. The molecule has 118 valence electrons. The molecule has 0 amide bonds. The zero-order valence-corrected chi connectivity index (χ0v) is 13.0. The number of hydrogen-bond acceptors (Lipinski definition) is 5. The molecule has 2 heterocycles. The van der Waals surface area contributed by atoms with Crippen molar-refractivity contribution in [3.8, 4) is 0 Å². The molecule has 0 bridgehead atoms. The van der Waals surface area contributed by atoms with Gasteiger partial charge >= 0.3 is 0 Å². The van der Waals surface area contributed by atoms with Crippen molar-refractivity contribution in [2.24, 2.45) is 0 Å². The van der Waals surface area contributed by atoms with Gasteiger partial charge in [-0.3, -0.25) is 0 Å². The average molecular weight is 302 g/mol. The highest BCUT2D eigenvalue weighted by Crippen LogP contribution is 2.35. The van der Waals surface area contributed by atoms with Crippen LogP contribution in [0, 0.1) is 6.92 Å². The highest BCUT2D eigenvalue weighted by atomic mass is 16.3. The third-order valence-corrected chi connectivity index (χ3v) is 4.43. The van der Waals surface area contributed by atoms with Crippen LogP contribution in [-0.2, 0) is 0 Å². The molecule has 0 aliphatic heterocycles. The SMILES string of the molecule is C/C(O)=C\c1c(C)[nH]c2ncnc(NC3(CO)CCCC3)c12. The number of aliphatic hydroxyl groups is 2. The molecule has 0 spiro atoms. The summed E-state index contributed by atoms with van der Waals surface area (Å²) in [5.74, 6) is 0.939. The molecule has 1 saturated carbocycles. The summed E-state index contributed by atoms with van der Waals surface area (Å²) in [5.41, 5.74) is 2.23. The van der Waals surface area contributed by atoms with Gasteiger partial charge in [0.1, 0.15) is 17.8 Å². The third kappa shape index (κ3) is 2.54. The number of rotatable bonds is 4. The fourth-order valence-corrected chi connectivity index (χ4v) is 3.28. The standard InChI is InChI=1S/C16H22N4O2/c1-10(22)7-12-11(2)19-14-13(12)15(18-9-17-14)20-16(8-21)5-3-4-6-16/h7,9,21-22H,3-6,8H2,1-2H3,(H2,17,18,19,20)/b10-7+. The summed E-state index contributed by atoms with van der Waals surface area (Å²) in [6.45, 7) is 3.67. The molecule has 0 atom stereocenters. The van der Waals surface area contributed by atoms with Gasteiger partial charge in [0.2, 0.25) is 0 Å². The van der Waals surface area contributed by atoms with Crippen molar-refractivity contribution in [3.05, 3.63) is 23.3 Å². The van der Waals surface area contributed by atoms with Gasteiger partial charge in [0.15, 0.2) is 0 Å². The Morgan fingerprint density at radius 1 is 1.41 bits per heavy atom. The van der Waals surface area contributed by atoms with Gasteiger partial charge in [-0.1, -0.05) is 12.8 Å². The molecule has 2 aromatic heterocycles. The maximum Gasteiger partial charge on any atom is 0.143 e. The van der Waals surface area contributed by atoms with E-state index in [2.05, 4.69) is 20.3 Å². The summed E-state index contributed by atoms with van der Waals surface area (Å²) in [6, 6.07) is 0. The number of allylic oxidation sites excluding steroid dienone is 1. The molecular formula is C16H22N4O2. The Bertz CT molecular complexity index is 710. The Balaban J connectivity index is 2.11. The van der Waals surface area contributed by atoms with Gasteiger partial charge in [0.05, 0.1) is 23.3 Å². The molecule has 0 unspecified atom stereocenters. The van der Waals surface area contributed by atoms with Crippen LogP contribution in [0.4, 0.5) is 5.82 Å². The van der Waals surface area contributed by atoms with Crippen LogP contribution in [0.5, 0.6) is 0 Å². The van der Waals surface area contributed by atoms with E-state index in [0.29, 0.717) is 5.82 Å². The van der Waals surface area contributed by atoms with E-state index in [4.69, 9.17) is 0 Å². The lowest BCUT2D eigenvalue weighted by atomic mass is 9.98. The number of nitrogens with one attached hydrogen (secondary N) is 2. The Kier molecular flexibility index (Phi) is 3.78. The Morgan fingerprint density at radius 3 is 2.77 bits per heavy atom. The van der Waals surface area contributed by atoms with Crippen LogP contribution in [0.3, 0.4) is 0 Å². The molecule has 6 nitrogen and oxygen atoms in total. The quantitative estimate of drug-likeness (QED) is 0.652. The van der Waals surface area contributed by atoms with Crippen molar-refractivity contribution < 1.29 is 10.2 Å². The number of aromatic nitrogens is 3. The lowest BCUT2D eigenvalue weighted by Crippen LogP contribution is -2.39. The second kappa shape index (κ2) is 5.61. The molecule has 3 rings (SSSR count). The Morgan fingerprint density at radius 2 is 2.14 bits per heavy atom. The minimum atomic E-state index is -0.304. The Hall–Kier alpha value is -2.08. The van der Waals surface area contributed by atoms with Gasteiger partial charge in [0.25, 0.3) is 0 Å². The molecular weight excluding hydrogens is 280 g/mol. The number of fused-ring (bicyclic) bond motifs is 1. The zero-order valence-electron chi connectivity index (χ0n) is 13.0. The largest absolute Gasteiger partial charge is 0.513 e. The molecule has 0 aromatic carbocycles. The zero-order chi connectivity index (χ0) is 15.7. The van der Waals surface area contributed by atoms with Gasteiger partial charge in [-0.15, -0.1) is 0 Å². The van der Waals surface area contributed by atoms with Crippen LogP contribution in [0.15, 0.2) is 12.1 Å². The molecule has 0 saturated heterocycles. The minimum Gasteiger partial charge on any atom is -0.513 e. The molecule has 1 fully saturated rings. The number of aryl methyl sites for hydroxylation is 1. The lowest BCUT2D eigenvalue weighted by molar-refractivity contribution is 0.214. The van der Waals surface area contributed by atoms with E-state index in [0.717, 1.165) is 48.0 Å². The normalized spacial score (nSPS) is 18.0. The molecule has 4 N–H and O–H groups in total. The minimum absolute atomic E-state index is 0.0894. The maximum absolute atomic E-state index is 9.80. The van der Waals surface area contributed by atoms with Gasteiger partial charge < -0.3 is 20.5 Å². The first-order valence-electron chi connectivity index (χ1n) is 7.64. The van der Waals surface area contributed by atoms with Gasteiger partial charge in [0, 0.05) is 11.3 Å². The van der Waals surface area contributed by atoms with E-state index in [1.165, 1.54) is 6.33 Å². The van der Waals surface area contributed by atoms with Gasteiger partial charge in [-0.25, -0.2) is 9.97 Å². The van der Waals surface area contributed by atoms with Gasteiger partial charge in [-0.05, 0) is 32.8 Å². The summed E-state index contributed by atoms with van der Waals surface area (Å²) in [4.78, 5) is 11.9. The molecule has 1 aliphatic carbocycles. The number of anilines is 1. The van der Waals surface area contributed by atoms with Crippen molar-refractivity contribution in [3.63, 3.8) is 0 Å². The van der Waals surface area contributed by atoms with Crippen LogP contribution < -0.4 is 5.32 Å². The fourth-order valence-electron chi connectivity index (χ4n) is 3.28. The van der Waals surface area contributed by atoms with Crippen LogP contribution in [0.1, 0.15) is 43.9 Å². The van der Waals surface area contributed by atoms with Crippen molar-refractivity contribution in [1.29, 1.82) is 0 Å². The van der Waals surface area contributed by atoms with E-state index in [1.807, 2.05) is 6.92 Å². The molecule has 0 radical (unpaired) electrons. The molecule has 2 aromatic rings. The van der Waals surface area contributed by atoms with Crippen molar-refractivity contribution in [1.82, 2.24) is 15.0 Å². The summed E-state index contributed by atoms with van der Waals surface area (Å²) < 4.78 is 0. The molecule has 6 heteroatoms. The first kappa shape index (κ1) is 14.8. The Labute approximate surface area is 129 Å². The van der Waals surface area contributed by atoms with Crippen LogP contribution >= 0.6 is 0 Å². The second-order valence-electron chi connectivity index (χ2n) is 6.17. The van der Waals surface area contributed by atoms with Gasteiger partial charge in [-0.2, -0.15) is 0 Å². The van der Waals surface area contributed by atoms with Crippen molar-refractivity contribution in [2.45, 2.75) is 45.1 Å². The number of nitrogens with zero attached hydrogens (tertiary/aromatic N) is 2. The van der Waals surface area contributed by atoms with E-state index in [1.54, 1.807) is 13.0 Å². The summed E-state index contributed by atoms with van der Waals surface area (Å²) in [5, 5.41) is 23.7. The number of aliphatic hydroxyl groups excluding tert-OH is 2. The summed E-state index contributed by atoms with van der Waals surface area (Å²) in [6.07, 6.45) is 7.31. The van der Waals surface area contributed by atoms with Crippen molar-refractivity contribution in [2.75, 3.05) is 11.9 Å². The van der Waals surface area contributed by atoms with Crippen LogP contribution in [0.2, 0.25) is 0 Å². The molecule has 22 heavy (non-hydrogen) atoms. The monoisotopic (exact) mass is 302 g/mol. The van der Waals surface area contributed by atoms with E-state index in [9.17, 15) is 10.2 Å². The second-order valence-corrected chi connectivity index (χ2v) is 6.17. The maximum atomic E-state index is 9.80. The fraction of sp³-hybridized carbons (Fsp3) is 0.500. The van der Waals surface area contributed by atoms with Crippen LogP contribution in [-0.4, -0.2) is 37.3 Å². The highest BCUT2D eigenvalue weighted by molar-refractivity contribution is 5.96. The van der Waals surface area contributed by atoms with E-state index >= 15 is 0 Å². The van der Waals surface area contributed by atoms with Crippen LogP contribution in [0.25, 0.3) is 17.1 Å². The average Bonchev–Trinajstić information content (AvgIpc) is 3.05. The summed E-state index contributed by atoms with van der Waals surface area (Å²) >= 11 is 0. The predicted octanol–water partition coefficient (Wildman–Crippen LogP) is 2.90. The number of hydrogen-bond donors (Lipinski definition) is 4. The molecule has 1 aliphatic rings. The van der Waals surface area contributed by atoms with Crippen molar-refractivity contribution >= 4 is 22.9 Å². The van der Waals surface area contributed by atoms with E-state index in [-0.39, 0.29) is 17.9 Å². The summed E-state index contributed by atoms with van der Waals surface area (Å²) in [7, 11) is 0.